The van der Waals surface area contributed by atoms with Crippen LogP contribution in [0.1, 0.15) is 13.3 Å². The maximum absolute atomic E-state index is 3.83. The average Bonchev–Trinajstić information content (AvgIpc) is 2.03. The minimum Gasteiger partial charge on any atom is -0.311 e. The van der Waals surface area contributed by atoms with Crippen LogP contribution in [0.25, 0.3) is 0 Å². The van der Waals surface area contributed by atoms with Gasteiger partial charge < -0.3 is 5.32 Å². The fourth-order valence-corrected chi connectivity index (χ4v) is 0.697. The molecule has 0 aromatic rings. The molecule has 0 aromatic heterocycles. The van der Waals surface area contributed by atoms with Crippen LogP contribution in [0.15, 0.2) is 29.4 Å². The number of aliphatic imine (C=N–C) groups is 1. The highest BCUT2D eigenvalue weighted by Gasteiger charge is 1.88. The molecule has 0 radical (unpaired) electrons. The van der Waals surface area contributed by atoms with Crippen molar-refractivity contribution in [3.05, 3.63) is 24.4 Å². The van der Waals surface area contributed by atoms with Crippen molar-refractivity contribution in [1.82, 2.24) is 5.32 Å². The van der Waals surface area contributed by atoms with Gasteiger partial charge in [0.25, 0.3) is 0 Å². The molecule has 0 unspecified atom stereocenters. The topological polar surface area (TPSA) is 24.4 Å². The summed E-state index contributed by atoms with van der Waals surface area (Å²) in [5, 5.41) is 3.22. The number of nitrogens with one attached hydrogen (secondary N) is 1. The summed E-state index contributed by atoms with van der Waals surface area (Å²) in [6, 6.07) is 0. The SMILES string of the molecule is C=C/C=C(/CNCCC)N=C. The van der Waals surface area contributed by atoms with Crippen LogP contribution in [-0.4, -0.2) is 19.8 Å². The van der Waals surface area contributed by atoms with Gasteiger partial charge in [-0.25, -0.2) is 0 Å². The van der Waals surface area contributed by atoms with Crippen LogP contribution in [0.3, 0.4) is 0 Å². The van der Waals surface area contributed by atoms with Gasteiger partial charge in [-0.3, -0.25) is 4.99 Å². The fraction of sp³-hybridized carbons (Fsp3) is 0.444. The van der Waals surface area contributed by atoms with E-state index >= 15 is 0 Å². The van der Waals surface area contributed by atoms with Gasteiger partial charge in [-0.15, -0.1) is 0 Å². The van der Waals surface area contributed by atoms with Crippen molar-refractivity contribution >= 4 is 6.72 Å². The van der Waals surface area contributed by atoms with Crippen LogP contribution < -0.4 is 5.32 Å². The van der Waals surface area contributed by atoms with Gasteiger partial charge in [-0.1, -0.05) is 19.6 Å². The van der Waals surface area contributed by atoms with Crippen LogP contribution in [-0.2, 0) is 0 Å². The number of nitrogens with zero attached hydrogens (tertiary/aromatic N) is 1. The molecule has 0 aliphatic heterocycles. The first-order chi connectivity index (χ1) is 5.35. The summed E-state index contributed by atoms with van der Waals surface area (Å²) >= 11 is 0. The summed E-state index contributed by atoms with van der Waals surface area (Å²) in [7, 11) is 0. The van der Waals surface area contributed by atoms with Crippen LogP contribution in [0.2, 0.25) is 0 Å². The maximum atomic E-state index is 3.83. The summed E-state index contributed by atoms with van der Waals surface area (Å²) in [6.45, 7) is 11.0. The molecule has 0 heterocycles. The Balaban J connectivity index is 3.60. The van der Waals surface area contributed by atoms with Crippen molar-refractivity contribution < 1.29 is 0 Å². The minimum absolute atomic E-state index is 0.781. The van der Waals surface area contributed by atoms with Gasteiger partial charge in [0, 0.05) is 6.54 Å². The monoisotopic (exact) mass is 152 g/mol. The van der Waals surface area contributed by atoms with Crippen molar-refractivity contribution in [2.24, 2.45) is 4.99 Å². The maximum Gasteiger partial charge on any atom is 0.0534 e. The Bertz CT molecular complexity index is 148. The molecule has 0 aromatic carbocycles. The number of rotatable bonds is 6. The number of allylic oxidation sites excluding steroid dienone is 2. The lowest BCUT2D eigenvalue weighted by atomic mass is 10.4. The smallest absolute Gasteiger partial charge is 0.0534 e. The summed E-state index contributed by atoms with van der Waals surface area (Å²) < 4.78 is 0. The normalized spacial score (nSPS) is 11.2. The van der Waals surface area contributed by atoms with Gasteiger partial charge in [0.2, 0.25) is 0 Å². The molecule has 0 saturated carbocycles. The Labute approximate surface area is 68.7 Å². The van der Waals surface area contributed by atoms with Gasteiger partial charge in [0.15, 0.2) is 0 Å². The Kier molecular flexibility index (Phi) is 6.64. The summed E-state index contributed by atoms with van der Waals surface area (Å²) in [4.78, 5) is 3.83. The van der Waals surface area contributed by atoms with E-state index in [0.29, 0.717) is 0 Å². The van der Waals surface area contributed by atoms with Gasteiger partial charge in [-0.2, -0.15) is 0 Å². The molecular formula is C9H16N2. The Hall–Kier alpha value is -0.890. The molecule has 2 nitrogen and oxygen atoms in total. The Morgan fingerprint density at radius 3 is 2.82 bits per heavy atom. The van der Waals surface area contributed by atoms with Crippen molar-refractivity contribution in [1.29, 1.82) is 0 Å². The highest BCUT2D eigenvalue weighted by Crippen LogP contribution is 1.92. The molecule has 0 aliphatic carbocycles. The van der Waals surface area contributed by atoms with E-state index in [4.69, 9.17) is 0 Å². The molecule has 0 rings (SSSR count). The van der Waals surface area contributed by atoms with Gasteiger partial charge in [0.1, 0.15) is 0 Å². The van der Waals surface area contributed by atoms with E-state index in [0.717, 1.165) is 25.2 Å². The summed E-state index contributed by atoms with van der Waals surface area (Å²) in [5.74, 6) is 0. The molecule has 0 fully saturated rings. The van der Waals surface area contributed by atoms with E-state index in [1.54, 1.807) is 6.08 Å². The van der Waals surface area contributed by atoms with Crippen molar-refractivity contribution in [2.45, 2.75) is 13.3 Å². The second-order valence-electron chi connectivity index (χ2n) is 2.23. The van der Waals surface area contributed by atoms with Crippen LogP contribution in [0, 0.1) is 0 Å². The van der Waals surface area contributed by atoms with E-state index in [-0.39, 0.29) is 0 Å². The zero-order valence-corrected chi connectivity index (χ0v) is 7.14. The lowest BCUT2D eigenvalue weighted by molar-refractivity contribution is 0.711. The predicted molar refractivity (Wildman–Crippen MR) is 51.0 cm³/mol. The van der Waals surface area contributed by atoms with Gasteiger partial charge >= 0.3 is 0 Å². The molecule has 11 heavy (non-hydrogen) atoms. The Morgan fingerprint density at radius 1 is 1.64 bits per heavy atom. The second-order valence-corrected chi connectivity index (χ2v) is 2.23. The fourth-order valence-electron chi connectivity index (χ4n) is 0.697. The van der Waals surface area contributed by atoms with Gasteiger partial charge in [0.05, 0.1) is 5.70 Å². The third-order valence-electron chi connectivity index (χ3n) is 1.25. The highest BCUT2D eigenvalue weighted by molar-refractivity contribution is 5.30. The van der Waals surface area contributed by atoms with E-state index in [1.165, 1.54) is 0 Å². The molecule has 0 spiro atoms. The van der Waals surface area contributed by atoms with Crippen molar-refractivity contribution in [2.75, 3.05) is 13.1 Å². The lowest BCUT2D eigenvalue weighted by Crippen LogP contribution is -2.16. The van der Waals surface area contributed by atoms with Crippen molar-refractivity contribution in [3.63, 3.8) is 0 Å². The molecule has 0 atom stereocenters. The predicted octanol–water partition coefficient (Wildman–Crippen LogP) is 1.76. The molecule has 0 saturated heterocycles. The van der Waals surface area contributed by atoms with Crippen LogP contribution >= 0.6 is 0 Å². The highest BCUT2D eigenvalue weighted by atomic mass is 14.9. The summed E-state index contributed by atoms with van der Waals surface area (Å²) in [5.41, 5.74) is 0.938. The first-order valence-corrected chi connectivity index (χ1v) is 3.84. The van der Waals surface area contributed by atoms with Crippen molar-refractivity contribution in [3.8, 4) is 0 Å². The van der Waals surface area contributed by atoms with Crippen LogP contribution in [0.5, 0.6) is 0 Å². The molecule has 1 N–H and O–H groups in total. The second kappa shape index (κ2) is 7.22. The van der Waals surface area contributed by atoms with E-state index < -0.39 is 0 Å². The number of hydrogen-bond donors (Lipinski definition) is 1. The van der Waals surface area contributed by atoms with E-state index in [9.17, 15) is 0 Å². The molecule has 0 aliphatic rings. The third-order valence-corrected chi connectivity index (χ3v) is 1.25. The van der Waals surface area contributed by atoms with Gasteiger partial charge in [-0.05, 0) is 25.8 Å². The largest absolute Gasteiger partial charge is 0.311 e. The first kappa shape index (κ1) is 10.1. The first-order valence-electron chi connectivity index (χ1n) is 3.84. The van der Waals surface area contributed by atoms with E-state index in [2.05, 4.69) is 30.5 Å². The Morgan fingerprint density at radius 2 is 2.36 bits per heavy atom. The molecule has 0 amide bonds. The molecular weight excluding hydrogens is 136 g/mol. The van der Waals surface area contributed by atoms with Crippen LogP contribution in [0.4, 0.5) is 0 Å². The third kappa shape index (κ3) is 5.55. The average molecular weight is 152 g/mol. The quantitative estimate of drug-likeness (QED) is 0.350. The molecule has 2 heteroatoms. The lowest BCUT2D eigenvalue weighted by Gasteiger charge is -2.01. The standard InChI is InChI=1S/C9H16N2/c1-4-6-9(10-3)8-11-7-5-2/h4,6,11H,1,3,5,7-8H2,2H3/b9-6-. The van der Waals surface area contributed by atoms with E-state index in [1.807, 2.05) is 6.08 Å². The molecule has 62 valence electrons. The number of hydrogen-bond acceptors (Lipinski definition) is 2. The minimum atomic E-state index is 0.781. The zero-order chi connectivity index (χ0) is 8.53. The zero-order valence-electron chi connectivity index (χ0n) is 7.14. The molecule has 0 bridgehead atoms. The summed E-state index contributed by atoms with van der Waals surface area (Å²) in [6.07, 6.45) is 4.71.